The summed E-state index contributed by atoms with van der Waals surface area (Å²) in [6, 6.07) is 0.340. The first kappa shape index (κ1) is 7.12. The van der Waals surface area contributed by atoms with Crippen LogP contribution in [0.1, 0.15) is 13.8 Å². The number of nitrogens with zero attached hydrogens (tertiary/aromatic N) is 1. The van der Waals surface area contributed by atoms with Crippen LogP contribution in [0, 0.1) is 5.92 Å². The van der Waals surface area contributed by atoms with Gasteiger partial charge in [-0.25, -0.2) is 4.99 Å². The summed E-state index contributed by atoms with van der Waals surface area (Å²) in [4.78, 5) is 3.98. The van der Waals surface area contributed by atoms with Gasteiger partial charge in [0.1, 0.15) is 5.82 Å². The first-order valence-electron chi connectivity index (χ1n) is 3.46. The molecule has 0 saturated heterocycles. The molecule has 1 heterocycles. The lowest BCUT2D eigenvalue weighted by Crippen LogP contribution is -2.34. The van der Waals surface area contributed by atoms with E-state index in [-0.39, 0.29) is 0 Å². The van der Waals surface area contributed by atoms with Gasteiger partial charge in [-0.3, -0.25) is 0 Å². The Hall–Kier alpha value is -0.990. The molecule has 1 rings (SSSR count). The highest BCUT2D eigenvalue weighted by molar-refractivity contribution is 5.67. The highest BCUT2D eigenvalue weighted by Crippen LogP contribution is 2.03. The highest BCUT2D eigenvalue weighted by atomic mass is 15.0. The summed E-state index contributed by atoms with van der Waals surface area (Å²) < 4.78 is 0. The molecule has 3 N–H and O–H groups in total. The lowest BCUT2D eigenvalue weighted by molar-refractivity contribution is 0.539. The average Bonchev–Trinajstić information content (AvgIpc) is 1.88. The molecule has 0 amide bonds. The van der Waals surface area contributed by atoms with E-state index in [2.05, 4.69) is 24.2 Å². The van der Waals surface area contributed by atoms with Crippen molar-refractivity contribution in [2.24, 2.45) is 16.6 Å². The third kappa shape index (κ3) is 1.50. The maximum atomic E-state index is 5.40. The topological polar surface area (TPSA) is 50.4 Å². The zero-order chi connectivity index (χ0) is 7.56. The minimum atomic E-state index is 0.340. The van der Waals surface area contributed by atoms with E-state index >= 15 is 0 Å². The maximum absolute atomic E-state index is 5.40. The smallest absolute Gasteiger partial charge is 0.138 e. The van der Waals surface area contributed by atoms with E-state index in [4.69, 9.17) is 5.73 Å². The molecular weight excluding hydrogens is 126 g/mol. The molecule has 0 aromatic rings. The van der Waals surface area contributed by atoms with Gasteiger partial charge in [-0.15, -0.1) is 0 Å². The van der Waals surface area contributed by atoms with Crippen molar-refractivity contribution in [3.05, 3.63) is 12.0 Å². The fraction of sp³-hybridized carbons (Fsp3) is 0.571. The van der Waals surface area contributed by atoms with Gasteiger partial charge in [-0.05, 0) is 5.92 Å². The van der Waals surface area contributed by atoms with Crippen LogP contribution >= 0.6 is 0 Å². The molecule has 0 aromatic carbocycles. The van der Waals surface area contributed by atoms with Gasteiger partial charge in [0.15, 0.2) is 0 Å². The standard InChI is InChI=1S/C7H13N3/c1-5(2)6-3-10-7(8)4-9-6/h3-6,9H,8H2,1-2H3. The zero-order valence-electron chi connectivity index (χ0n) is 6.33. The van der Waals surface area contributed by atoms with Gasteiger partial charge in [0.25, 0.3) is 0 Å². The second-order valence-corrected chi connectivity index (χ2v) is 2.78. The first-order valence-corrected chi connectivity index (χ1v) is 3.46. The SMILES string of the molecule is CC(C)C1C=NC(N)=CN1. The minimum Gasteiger partial charge on any atom is -0.383 e. The second-order valence-electron chi connectivity index (χ2n) is 2.78. The van der Waals surface area contributed by atoms with Crippen LogP contribution in [-0.4, -0.2) is 12.3 Å². The molecule has 1 aliphatic heterocycles. The molecule has 0 radical (unpaired) electrons. The van der Waals surface area contributed by atoms with Gasteiger partial charge < -0.3 is 11.1 Å². The van der Waals surface area contributed by atoms with Crippen molar-refractivity contribution in [1.82, 2.24) is 5.32 Å². The van der Waals surface area contributed by atoms with Crippen LogP contribution in [0.25, 0.3) is 0 Å². The van der Waals surface area contributed by atoms with Crippen molar-refractivity contribution in [3.63, 3.8) is 0 Å². The summed E-state index contributed by atoms with van der Waals surface area (Å²) in [6.45, 7) is 4.28. The van der Waals surface area contributed by atoms with Crippen LogP contribution in [0.4, 0.5) is 0 Å². The number of nitrogens with two attached hydrogens (primary N) is 1. The third-order valence-corrected chi connectivity index (χ3v) is 1.53. The molecule has 0 aromatic heterocycles. The van der Waals surface area contributed by atoms with E-state index in [1.165, 1.54) is 0 Å². The summed E-state index contributed by atoms with van der Waals surface area (Å²) in [5.74, 6) is 1.12. The van der Waals surface area contributed by atoms with Gasteiger partial charge in [-0.1, -0.05) is 13.8 Å². The fourth-order valence-electron chi connectivity index (χ4n) is 0.793. The molecule has 1 aliphatic rings. The average molecular weight is 139 g/mol. The molecule has 1 unspecified atom stereocenters. The van der Waals surface area contributed by atoms with Crippen LogP contribution < -0.4 is 11.1 Å². The second kappa shape index (κ2) is 2.73. The quantitative estimate of drug-likeness (QED) is 0.554. The molecule has 3 nitrogen and oxygen atoms in total. The normalized spacial score (nSPS) is 24.3. The van der Waals surface area contributed by atoms with Crippen molar-refractivity contribution < 1.29 is 0 Å². The molecule has 0 fully saturated rings. The van der Waals surface area contributed by atoms with Crippen LogP contribution in [0.15, 0.2) is 17.0 Å². The number of aliphatic imine (C=N–C) groups is 1. The Morgan fingerprint density at radius 3 is 2.80 bits per heavy atom. The lowest BCUT2D eigenvalue weighted by atomic mass is 10.1. The van der Waals surface area contributed by atoms with Crippen molar-refractivity contribution in [3.8, 4) is 0 Å². The molecule has 0 spiro atoms. The Balaban J connectivity index is 2.52. The summed E-state index contributed by atoms with van der Waals surface area (Å²) in [5, 5.41) is 3.13. The van der Waals surface area contributed by atoms with Gasteiger partial charge in [0, 0.05) is 12.4 Å². The van der Waals surface area contributed by atoms with Crippen LogP contribution in [0.3, 0.4) is 0 Å². The summed E-state index contributed by atoms with van der Waals surface area (Å²) in [7, 11) is 0. The van der Waals surface area contributed by atoms with Crippen LogP contribution in [-0.2, 0) is 0 Å². The van der Waals surface area contributed by atoms with Crippen LogP contribution in [0.5, 0.6) is 0 Å². The molecule has 10 heavy (non-hydrogen) atoms. The number of nitrogens with one attached hydrogen (secondary N) is 1. The summed E-state index contributed by atoms with van der Waals surface area (Å²) in [5.41, 5.74) is 5.40. The number of hydrogen-bond donors (Lipinski definition) is 2. The van der Waals surface area contributed by atoms with E-state index in [1.807, 2.05) is 6.21 Å². The molecule has 56 valence electrons. The number of rotatable bonds is 1. The Labute approximate surface area is 61.0 Å². The van der Waals surface area contributed by atoms with E-state index in [1.54, 1.807) is 6.20 Å². The predicted molar refractivity (Wildman–Crippen MR) is 42.5 cm³/mol. The van der Waals surface area contributed by atoms with Crippen molar-refractivity contribution in [2.45, 2.75) is 19.9 Å². The Kier molecular flexibility index (Phi) is 1.94. The van der Waals surface area contributed by atoms with E-state index in [0.717, 1.165) is 0 Å². The molecule has 1 atom stereocenters. The van der Waals surface area contributed by atoms with Crippen molar-refractivity contribution in [2.75, 3.05) is 0 Å². The summed E-state index contributed by atoms with van der Waals surface area (Å²) >= 11 is 0. The largest absolute Gasteiger partial charge is 0.383 e. The van der Waals surface area contributed by atoms with Gasteiger partial charge >= 0.3 is 0 Å². The molecule has 0 bridgehead atoms. The zero-order valence-corrected chi connectivity index (χ0v) is 6.33. The maximum Gasteiger partial charge on any atom is 0.138 e. The molecule has 3 heteroatoms. The highest BCUT2D eigenvalue weighted by Gasteiger charge is 2.10. The minimum absolute atomic E-state index is 0.340. The fourth-order valence-corrected chi connectivity index (χ4v) is 0.793. The number of hydrogen-bond acceptors (Lipinski definition) is 3. The van der Waals surface area contributed by atoms with E-state index < -0.39 is 0 Å². The first-order chi connectivity index (χ1) is 4.70. The van der Waals surface area contributed by atoms with Crippen molar-refractivity contribution >= 4 is 6.21 Å². The predicted octanol–water partition coefficient (Wildman–Crippen LogP) is 0.443. The Morgan fingerprint density at radius 2 is 2.40 bits per heavy atom. The Bertz CT molecular complexity index is 170. The Morgan fingerprint density at radius 1 is 1.70 bits per heavy atom. The molecule has 0 saturated carbocycles. The van der Waals surface area contributed by atoms with Crippen molar-refractivity contribution in [1.29, 1.82) is 0 Å². The third-order valence-electron chi connectivity index (χ3n) is 1.53. The van der Waals surface area contributed by atoms with E-state index in [9.17, 15) is 0 Å². The van der Waals surface area contributed by atoms with Crippen LogP contribution in [0.2, 0.25) is 0 Å². The van der Waals surface area contributed by atoms with Gasteiger partial charge in [0.2, 0.25) is 0 Å². The molecule has 0 aliphatic carbocycles. The monoisotopic (exact) mass is 139 g/mol. The van der Waals surface area contributed by atoms with E-state index in [0.29, 0.717) is 17.8 Å². The lowest BCUT2D eigenvalue weighted by Gasteiger charge is -2.19. The summed E-state index contributed by atoms with van der Waals surface area (Å²) in [6.07, 6.45) is 3.59. The van der Waals surface area contributed by atoms with Gasteiger partial charge in [0.05, 0.1) is 6.04 Å². The molecular formula is C7H13N3. The van der Waals surface area contributed by atoms with Gasteiger partial charge in [-0.2, -0.15) is 0 Å².